The topological polar surface area (TPSA) is 54.0 Å². The highest BCUT2D eigenvalue weighted by molar-refractivity contribution is 5.68. The molecule has 6 nitrogen and oxygen atoms in total. The Morgan fingerprint density at radius 1 is 1.35 bits per heavy atom. The lowest BCUT2D eigenvalue weighted by Crippen LogP contribution is -2.53. The fraction of sp³-hybridized carbons (Fsp3) is 0.941. The van der Waals surface area contributed by atoms with Gasteiger partial charge < -0.3 is 24.6 Å². The van der Waals surface area contributed by atoms with Crippen molar-refractivity contribution >= 4 is 6.09 Å². The summed E-state index contributed by atoms with van der Waals surface area (Å²) in [6.07, 6.45) is 0.621. The smallest absolute Gasteiger partial charge is 0.410 e. The van der Waals surface area contributed by atoms with Crippen LogP contribution in [0.15, 0.2) is 0 Å². The second kappa shape index (κ2) is 8.85. The highest BCUT2D eigenvalue weighted by Crippen LogP contribution is 2.17. The van der Waals surface area contributed by atoms with E-state index in [1.807, 2.05) is 25.7 Å². The first-order chi connectivity index (χ1) is 10.6. The molecule has 1 saturated heterocycles. The van der Waals surface area contributed by atoms with Gasteiger partial charge >= 0.3 is 6.09 Å². The predicted octanol–water partition coefficient (Wildman–Crippen LogP) is 1.94. The molecule has 1 amide bonds. The first-order valence-electron chi connectivity index (χ1n) is 8.56. The van der Waals surface area contributed by atoms with E-state index < -0.39 is 5.60 Å². The quantitative estimate of drug-likeness (QED) is 0.807. The molecule has 0 aromatic rings. The van der Waals surface area contributed by atoms with E-state index in [1.54, 1.807) is 0 Å². The molecule has 1 N–H and O–H groups in total. The van der Waals surface area contributed by atoms with E-state index >= 15 is 0 Å². The maximum absolute atomic E-state index is 12.4. The monoisotopic (exact) mass is 329 g/mol. The van der Waals surface area contributed by atoms with E-state index in [-0.39, 0.29) is 12.1 Å². The summed E-state index contributed by atoms with van der Waals surface area (Å²) < 4.78 is 11.1. The van der Waals surface area contributed by atoms with Crippen molar-refractivity contribution in [1.29, 1.82) is 0 Å². The summed E-state index contributed by atoms with van der Waals surface area (Å²) >= 11 is 0. The van der Waals surface area contributed by atoms with Crippen LogP contribution in [0.25, 0.3) is 0 Å². The molecule has 1 rings (SSSR count). The number of nitrogens with one attached hydrogen (secondary N) is 1. The Labute approximate surface area is 141 Å². The zero-order valence-corrected chi connectivity index (χ0v) is 15.9. The summed E-state index contributed by atoms with van der Waals surface area (Å²) in [6.45, 7) is 12.8. The van der Waals surface area contributed by atoms with Gasteiger partial charge in [-0.25, -0.2) is 4.79 Å². The van der Waals surface area contributed by atoms with Crippen LogP contribution in [0.2, 0.25) is 0 Å². The molecule has 6 heteroatoms. The van der Waals surface area contributed by atoms with E-state index in [0.29, 0.717) is 31.8 Å². The minimum atomic E-state index is -0.468. The van der Waals surface area contributed by atoms with Gasteiger partial charge in [-0.05, 0) is 55.1 Å². The third-order valence-corrected chi connectivity index (χ3v) is 3.69. The van der Waals surface area contributed by atoms with E-state index in [4.69, 9.17) is 9.47 Å². The van der Waals surface area contributed by atoms with Gasteiger partial charge in [-0.2, -0.15) is 0 Å². The van der Waals surface area contributed by atoms with Gasteiger partial charge in [-0.1, -0.05) is 0 Å². The van der Waals surface area contributed by atoms with Crippen LogP contribution < -0.4 is 5.32 Å². The standard InChI is InChI=1S/C17H35N3O3/c1-13(18-14(2)11-19(6)7)10-15-12-22-9-8-20(15)16(21)23-17(3,4)5/h13-15,18H,8-12H2,1-7H3. The average Bonchev–Trinajstić information content (AvgIpc) is 2.35. The van der Waals surface area contributed by atoms with Crippen LogP contribution in [-0.2, 0) is 9.47 Å². The van der Waals surface area contributed by atoms with Gasteiger partial charge in [0.25, 0.3) is 0 Å². The largest absolute Gasteiger partial charge is 0.444 e. The van der Waals surface area contributed by atoms with Crippen LogP contribution in [0.1, 0.15) is 41.0 Å². The summed E-state index contributed by atoms with van der Waals surface area (Å²) in [5.74, 6) is 0. The number of morpholine rings is 1. The number of hydrogen-bond acceptors (Lipinski definition) is 5. The van der Waals surface area contributed by atoms with Gasteiger partial charge in [0.1, 0.15) is 5.60 Å². The number of likely N-dealkylation sites (N-methyl/N-ethyl adjacent to an activating group) is 1. The highest BCUT2D eigenvalue weighted by Gasteiger charge is 2.32. The molecular weight excluding hydrogens is 294 g/mol. The number of nitrogens with zero attached hydrogens (tertiary/aromatic N) is 2. The van der Waals surface area contributed by atoms with E-state index in [2.05, 4.69) is 38.2 Å². The molecule has 1 aliphatic rings. The average molecular weight is 329 g/mol. The van der Waals surface area contributed by atoms with Gasteiger partial charge in [-0.15, -0.1) is 0 Å². The molecule has 0 aromatic heterocycles. The van der Waals surface area contributed by atoms with Crippen LogP contribution in [-0.4, -0.2) is 80.0 Å². The van der Waals surface area contributed by atoms with Gasteiger partial charge in [0.15, 0.2) is 0 Å². The van der Waals surface area contributed by atoms with Crippen molar-refractivity contribution in [3.63, 3.8) is 0 Å². The fourth-order valence-electron chi connectivity index (χ4n) is 2.97. The first kappa shape index (κ1) is 20.2. The summed E-state index contributed by atoms with van der Waals surface area (Å²) in [5.41, 5.74) is -0.468. The summed E-state index contributed by atoms with van der Waals surface area (Å²) in [4.78, 5) is 16.4. The minimum absolute atomic E-state index is 0.0626. The Balaban J connectivity index is 2.55. The molecule has 1 heterocycles. The zero-order chi connectivity index (χ0) is 17.6. The number of ether oxygens (including phenoxy) is 2. The van der Waals surface area contributed by atoms with Gasteiger partial charge in [0.05, 0.1) is 19.3 Å². The van der Waals surface area contributed by atoms with Crippen molar-refractivity contribution in [2.24, 2.45) is 0 Å². The maximum atomic E-state index is 12.4. The van der Waals surface area contributed by atoms with Crippen LogP contribution in [0.3, 0.4) is 0 Å². The maximum Gasteiger partial charge on any atom is 0.410 e. The summed E-state index contributed by atoms with van der Waals surface area (Å²) in [5, 5.41) is 3.59. The molecule has 1 aliphatic heterocycles. The lowest BCUT2D eigenvalue weighted by Gasteiger charge is -2.38. The Bertz CT molecular complexity index is 369. The number of rotatable bonds is 6. The predicted molar refractivity (Wildman–Crippen MR) is 92.8 cm³/mol. The van der Waals surface area contributed by atoms with E-state index in [9.17, 15) is 4.79 Å². The molecule has 0 radical (unpaired) electrons. The third kappa shape index (κ3) is 7.99. The molecule has 0 aromatic carbocycles. The second-order valence-corrected chi connectivity index (χ2v) is 7.87. The molecule has 0 spiro atoms. The Hall–Kier alpha value is -0.850. The molecule has 0 saturated carbocycles. The van der Waals surface area contributed by atoms with Crippen molar-refractivity contribution in [2.45, 2.75) is 64.8 Å². The zero-order valence-electron chi connectivity index (χ0n) is 15.9. The summed E-state index contributed by atoms with van der Waals surface area (Å²) in [7, 11) is 4.14. The lowest BCUT2D eigenvalue weighted by atomic mass is 10.1. The van der Waals surface area contributed by atoms with Crippen LogP contribution in [0, 0.1) is 0 Å². The molecule has 0 aliphatic carbocycles. The van der Waals surface area contributed by atoms with Crippen molar-refractivity contribution in [3.8, 4) is 0 Å². The van der Waals surface area contributed by atoms with Gasteiger partial charge in [0.2, 0.25) is 0 Å². The number of amides is 1. The number of carbonyl (C=O) groups is 1. The number of carbonyl (C=O) groups excluding carboxylic acids is 1. The SMILES string of the molecule is CC(CC1COCCN1C(=O)OC(C)(C)C)NC(C)CN(C)C. The highest BCUT2D eigenvalue weighted by atomic mass is 16.6. The molecular formula is C17H35N3O3. The molecule has 136 valence electrons. The normalized spacial score (nSPS) is 22.1. The first-order valence-corrected chi connectivity index (χ1v) is 8.56. The van der Waals surface area contributed by atoms with Crippen molar-refractivity contribution < 1.29 is 14.3 Å². The van der Waals surface area contributed by atoms with Crippen molar-refractivity contribution in [2.75, 3.05) is 40.4 Å². The molecule has 3 unspecified atom stereocenters. The van der Waals surface area contributed by atoms with Gasteiger partial charge in [0, 0.05) is 25.2 Å². The minimum Gasteiger partial charge on any atom is -0.444 e. The Kier molecular flexibility index (Phi) is 7.77. The Morgan fingerprint density at radius 3 is 2.57 bits per heavy atom. The number of hydrogen-bond donors (Lipinski definition) is 1. The second-order valence-electron chi connectivity index (χ2n) is 7.87. The van der Waals surface area contributed by atoms with Crippen LogP contribution in [0.5, 0.6) is 0 Å². The van der Waals surface area contributed by atoms with Crippen molar-refractivity contribution in [1.82, 2.24) is 15.1 Å². The van der Waals surface area contributed by atoms with Crippen LogP contribution >= 0.6 is 0 Å². The lowest BCUT2D eigenvalue weighted by molar-refractivity contribution is -0.0357. The van der Waals surface area contributed by atoms with Crippen molar-refractivity contribution in [3.05, 3.63) is 0 Å². The van der Waals surface area contributed by atoms with E-state index in [1.165, 1.54) is 0 Å². The Morgan fingerprint density at radius 2 is 2.00 bits per heavy atom. The fourth-order valence-corrected chi connectivity index (χ4v) is 2.97. The summed E-state index contributed by atoms with van der Waals surface area (Å²) in [6, 6.07) is 0.772. The molecule has 0 bridgehead atoms. The van der Waals surface area contributed by atoms with Crippen LogP contribution in [0.4, 0.5) is 4.79 Å². The molecule has 3 atom stereocenters. The molecule has 23 heavy (non-hydrogen) atoms. The van der Waals surface area contributed by atoms with E-state index in [0.717, 1.165) is 13.0 Å². The molecule has 1 fully saturated rings. The third-order valence-electron chi connectivity index (χ3n) is 3.69. The van der Waals surface area contributed by atoms with Gasteiger partial charge in [-0.3, -0.25) is 0 Å².